The lowest BCUT2D eigenvalue weighted by molar-refractivity contribution is 0.425. The van der Waals surface area contributed by atoms with Gasteiger partial charge in [0.25, 0.3) is 0 Å². The number of benzene rings is 2. The van der Waals surface area contributed by atoms with Crippen LogP contribution in [0.4, 0.5) is 11.4 Å². The van der Waals surface area contributed by atoms with Gasteiger partial charge in [-0.15, -0.1) is 0 Å². The van der Waals surface area contributed by atoms with Gasteiger partial charge < -0.3 is 15.2 Å². The zero-order valence-electron chi connectivity index (χ0n) is 13.3. The van der Waals surface area contributed by atoms with Crippen molar-refractivity contribution in [3.05, 3.63) is 53.9 Å². The van der Waals surface area contributed by atoms with E-state index in [-0.39, 0.29) is 0 Å². The van der Waals surface area contributed by atoms with Gasteiger partial charge in [-0.25, -0.2) is 9.83 Å². The Morgan fingerprint density at radius 1 is 1.17 bits per heavy atom. The van der Waals surface area contributed by atoms with E-state index in [4.69, 9.17) is 6.57 Å². The molecule has 23 heavy (non-hydrogen) atoms. The zero-order valence-corrected chi connectivity index (χ0v) is 13.3. The standard InChI is InChI=1S/C18H19N5/c1-19-15-8-9-16-17(12-15)22-18(21-16)13-4-6-14(7-5-13)20-10-11-23(2)3/h4-9,12,20H,10-11H2,2-3H3,(H,21,22). The number of aromatic amines is 1. The number of fused-ring (bicyclic) bond motifs is 1. The first-order valence-electron chi connectivity index (χ1n) is 7.52. The molecule has 0 saturated carbocycles. The molecule has 0 bridgehead atoms. The smallest absolute Gasteiger partial charge is 0.189 e. The van der Waals surface area contributed by atoms with Crippen molar-refractivity contribution in [2.24, 2.45) is 0 Å². The molecule has 3 rings (SSSR count). The highest BCUT2D eigenvalue weighted by atomic mass is 15.1. The van der Waals surface area contributed by atoms with Crippen LogP contribution in [0, 0.1) is 6.57 Å². The van der Waals surface area contributed by atoms with Crippen LogP contribution in [0.3, 0.4) is 0 Å². The van der Waals surface area contributed by atoms with Gasteiger partial charge in [0.05, 0.1) is 17.6 Å². The maximum absolute atomic E-state index is 7.08. The predicted molar refractivity (Wildman–Crippen MR) is 94.8 cm³/mol. The lowest BCUT2D eigenvalue weighted by Crippen LogP contribution is -2.20. The van der Waals surface area contributed by atoms with Gasteiger partial charge in [-0.05, 0) is 50.5 Å². The molecule has 0 radical (unpaired) electrons. The second-order valence-electron chi connectivity index (χ2n) is 5.71. The molecular weight excluding hydrogens is 286 g/mol. The SMILES string of the molecule is [C-]#[N+]c1ccc2nc(-c3ccc(NCCN(C)C)cc3)[nH]c2c1. The number of hydrogen-bond acceptors (Lipinski definition) is 3. The minimum Gasteiger partial charge on any atom is -0.384 e. The Balaban J connectivity index is 1.78. The maximum atomic E-state index is 7.08. The van der Waals surface area contributed by atoms with Crippen molar-refractivity contribution < 1.29 is 0 Å². The van der Waals surface area contributed by atoms with Crippen LogP contribution in [0.1, 0.15) is 0 Å². The third-order valence-electron chi connectivity index (χ3n) is 3.64. The molecule has 0 aliphatic rings. The molecule has 0 spiro atoms. The van der Waals surface area contributed by atoms with Gasteiger partial charge in [-0.2, -0.15) is 0 Å². The number of anilines is 1. The normalized spacial score (nSPS) is 10.9. The summed E-state index contributed by atoms with van der Waals surface area (Å²) in [4.78, 5) is 13.5. The molecule has 5 heteroatoms. The van der Waals surface area contributed by atoms with Crippen LogP contribution in [0.15, 0.2) is 42.5 Å². The first kappa shape index (κ1) is 15.1. The highest BCUT2D eigenvalue weighted by molar-refractivity contribution is 5.83. The number of rotatable bonds is 5. The minimum absolute atomic E-state index is 0.619. The fraction of sp³-hybridized carbons (Fsp3) is 0.222. The number of imidazole rings is 1. The van der Waals surface area contributed by atoms with Crippen LogP contribution in [0.2, 0.25) is 0 Å². The summed E-state index contributed by atoms with van der Waals surface area (Å²) in [5.41, 5.74) is 4.51. The molecule has 0 aliphatic heterocycles. The average molecular weight is 305 g/mol. The van der Waals surface area contributed by atoms with E-state index in [2.05, 4.69) is 51.3 Å². The van der Waals surface area contributed by atoms with E-state index < -0.39 is 0 Å². The van der Waals surface area contributed by atoms with Gasteiger partial charge >= 0.3 is 0 Å². The topological polar surface area (TPSA) is 48.3 Å². The molecule has 2 aromatic carbocycles. The number of aromatic nitrogens is 2. The number of nitrogens with zero attached hydrogens (tertiary/aromatic N) is 3. The predicted octanol–water partition coefficient (Wildman–Crippen LogP) is 3.75. The van der Waals surface area contributed by atoms with E-state index in [0.717, 1.165) is 41.2 Å². The zero-order chi connectivity index (χ0) is 16.2. The fourth-order valence-corrected chi connectivity index (χ4v) is 2.37. The van der Waals surface area contributed by atoms with E-state index in [1.165, 1.54) is 0 Å². The van der Waals surface area contributed by atoms with Gasteiger partial charge in [0.2, 0.25) is 0 Å². The summed E-state index contributed by atoms with van der Waals surface area (Å²) in [5.74, 6) is 0.821. The van der Waals surface area contributed by atoms with Gasteiger partial charge in [0, 0.05) is 24.3 Å². The monoisotopic (exact) mass is 305 g/mol. The van der Waals surface area contributed by atoms with Crippen molar-refractivity contribution in [2.75, 3.05) is 32.5 Å². The molecule has 0 amide bonds. The Morgan fingerprint density at radius 2 is 1.96 bits per heavy atom. The lowest BCUT2D eigenvalue weighted by Gasteiger charge is -2.11. The first-order chi connectivity index (χ1) is 11.2. The van der Waals surface area contributed by atoms with Crippen LogP contribution in [-0.4, -0.2) is 42.1 Å². The molecule has 1 aromatic heterocycles. The number of likely N-dealkylation sites (N-methyl/N-ethyl adjacent to an activating group) is 1. The summed E-state index contributed by atoms with van der Waals surface area (Å²) < 4.78 is 0. The van der Waals surface area contributed by atoms with Gasteiger partial charge in [-0.3, -0.25) is 0 Å². The summed E-state index contributed by atoms with van der Waals surface area (Å²) in [5, 5.41) is 3.39. The van der Waals surface area contributed by atoms with E-state index >= 15 is 0 Å². The molecule has 0 atom stereocenters. The Bertz CT molecular complexity index is 840. The van der Waals surface area contributed by atoms with Crippen LogP contribution in [-0.2, 0) is 0 Å². The van der Waals surface area contributed by atoms with Crippen LogP contribution in [0.5, 0.6) is 0 Å². The molecule has 0 aliphatic carbocycles. The van der Waals surface area contributed by atoms with Crippen molar-refractivity contribution in [3.8, 4) is 11.4 Å². The van der Waals surface area contributed by atoms with E-state index in [1.807, 2.05) is 24.3 Å². The molecule has 0 unspecified atom stereocenters. The molecule has 5 nitrogen and oxygen atoms in total. The molecule has 116 valence electrons. The highest BCUT2D eigenvalue weighted by Gasteiger charge is 2.06. The van der Waals surface area contributed by atoms with Crippen molar-refractivity contribution in [1.82, 2.24) is 14.9 Å². The lowest BCUT2D eigenvalue weighted by atomic mass is 10.2. The second kappa shape index (κ2) is 6.51. The Morgan fingerprint density at radius 3 is 2.65 bits per heavy atom. The summed E-state index contributed by atoms with van der Waals surface area (Å²) >= 11 is 0. The minimum atomic E-state index is 0.619. The maximum Gasteiger partial charge on any atom is 0.189 e. The largest absolute Gasteiger partial charge is 0.384 e. The Labute approximate surface area is 135 Å². The summed E-state index contributed by atoms with van der Waals surface area (Å²) in [6, 6.07) is 13.7. The van der Waals surface area contributed by atoms with Crippen LogP contribution >= 0.6 is 0 Å². The number of H-pyrrole nitrogens is 1. The Kier molecular flexibility index (Phi) is 4.26. The third kappa shape index (κ3) is 3.50. The van der Waals surface area contributed by atoms with Gasteiger partial charge in [0.1, 0.15) is 5.82 Å². The van der Waals surface area contributed by atoms with Crippen molar-refractivity contribution in [1.29, 1.82) is 0 Å². The number of hydrogen-bond donors (Lipinski definition) is 2. The highest BCUT2D eigenvalue weighted by Crippen LogP contribution is 2.24. The van der Waals surface area contributed by atoms with Gasteiger partial charge in [0.15, 0.2) is 5.69 Å². The molecule has 0 saturated heterocycles. The van der Waals surface area contributed by atoms with Crippen LogP contribution < -0.4 is 5.32 Å². The fourth-order valence-electron chi connectivity index (χ4n) is 2.37. The van der Waals surface area contributed by atoms with Crippen molar-refractivity contribution in [2.45, 2.75) is 0 Å². The number of nitrogens with one attached hydrogen (secondary N) is 2. The molecular formula is C18H19N5. The Hall–Kier alpha value is -2.84. The molecule has 1 heterocycles. The third-order valence-corrected chi connectivity index (χ3v) is 3.64. The van der Waals surface area contributed by atoms with Crippen LogP contribution in [0.25, 0.3) is 27.3 Å². The molecule has 2 N–H and O–H groups in total. The second-order valence-corrected chi connectivity index (χ2v) is 5.71. The van der Waals surface area contributed by atoms with E-state index in [0.29, 0.717) is 5.69 Å². The first-order valence-corrected chi connectivity index (χ1v) is 7.52. The average Bonchev–Trinajstić information content (AvgIpc) is 2.98. The van der Waals surface area contributed by atoms with Crippen molar-refractivity contribution >= 4 is 22.4 Å². The van der Waals surface area contributed by atoms with E-state index in [9.17, 15) is 0 Å². The van der Waals surface area contributed by atoms with Crippen molar-refractivity contribution in [3.63, 3.8) is 0 Å². The summed E-state index contributed by atoms with van der Waals surface area (Å²) in [7, 11) is 4.12. The molecule has 0 fully saturated rings. The van der Waals surface area contributed by atoms with Gasteiger partial charge in [-0.1, -0.05) is 6.07 Å². The summed E-state index contributed by atoms with van der Waals surface area (Å²) in [6.07, 6.45) is 0. The quantitative estimate of drug-likeness (QED) is 0.706. The molecule has 3 aromatic rings. The summed E-state index contributed by atoms with van der Waals surface area (Å²) in [6.45, 7) is 8.98. The van der Waals surface area contributed by atoms with E-state index in [1.54, 1.807) is 6.07 Å².